The Bertz CT molecular complexity index is 537. The second kappa shape index (κ2) is 7.35. The highest BCUT2D eigenvalue weighted by molar-refractivity contribution is 5.91. The van der Waals surface area contributed by atoms with Gasteiger partial charge in [-0.15, -0.1) is 0 Å². The Hall–Kier alpha value is -1.55. The molecular formula is C19H28O4. The number of aliphatic hydroxyl groups is 1. The lowest BCUT2D eigenvalue weighted by Crippen LogP contribution is -2.25. The number of aliphatic hydroxyl groups excluding tert-OH is 1. The highest BCUT2D eigenvalue weighted by Crippen LogP contribution is 2.38. The molecule has 1 aliphatic rings. The highest BCUT2D eigenvalue weighted by atomic mass is 16.6. The van der Waals surface area contributed by atoms with Crippen LogP contribution >= 0.6 is 0 Å². The van der Waals surface area contributed by atoms with Gasteiger partial charge >= 0.3 is 5.97 Å². The zero-order valence-electron chi connectivity index (χ0n) is 14.6. The minimum absolute atomic E-state index is 0.254. The summed E-state index contributed by atoms with van der Waals surface area (Å²) in [6.45, 7) is 5.88. The van der Waals surface area contributed by atoms with E-state index in [-0.39, 0.29) is 12.6 Å². The van der Waals surface area contributed by atoms with Crippen molar-refractivity contribution >= 4 is 5.97 Å². The molecule has 1 fully saturated rings. The van der Waals surface area contributed by atoms with Crippen molar-refractivity contribution in [3.05, 3.63) is 29.3 Å². The lowest BCUT2D eigenvalue weighted by molar-refractivity contribution is 0.00672. The third-order valence-electron chi connectivity index (χ3n) is 4.42. The summed E-state index contributed by atoms with van der Waals surface area (Å²) >= 11 is 0. The van der Waals surface area contributed by atoms with Crippen LogP contribution in [0.2, 0.25) is 0 Å². The monoisotopic (exact) mass is 320 g/mol. The third kappa shape index (κ3) is 4.71. The van der Waals surface area contributed by atoms with Gasteiger partial charge in [-0.05, 0) is 82.1 Å². The van der Waals surface area contributed by atoms with Gasteiger partial charge < -0.3 is 14.6 Å². The molecule has 1 aliphatic carbocycles. The Kier molecular flexibility index (Phi) is 5.69. The summed E-state index contributed by atoms with van der Waals surface area (Å²) < 4.78 is 10.9. The number of hydrogen-bond donors (Lipinski definition) is 1. The van der Waals surface area contributed by atoms with E-state index >= 15 is 0 Å². The molecule has 0 amide bonds. The van der Waals surface area contributed by atoms with Gasteiger partial charge in [-0.2, -0.15) is 0 Å². The van der Waals surface area contributed by atoms with E-state index < -0.39 is 5.60 Å². The predicted octanol–water partition coefficient (Wildman–Crippen LogP) is 3.92. The van der Waals surface area contributed by atoms with Crippen molar-refractivity contribution in [2.24, 2.45) is 5.92 Å². The molecule has 1 saturated carbocycles. The summed E-state index contributed by atoms with van der Waals surface area (Å²) in [5, 5.41) is 9.31. The van der Waals surface area contributed by atoms with Crippen molar-refractivity contribution in [3.8, 4) is 5.75 Å². The van der Waals surface area contributed by atoms with Crippen LogP contribution in [-0.4, -0.2) is 30.4 Å². The largest absolute Gasteiger partial charge is 0.497 e. The lowest BCUT2D eigenvalue weighted by atomic mass is 9.77. The maximum atomic E-state index is 12.5. The Labute approximate surface area is 138 Å². The Balaban J connectivity index is 2.27. The number of esters is 1. The number of hydrogen-bond acceptors (Lipinski definition) is 4. The molecular weight excluding hydrogens is 292 g/mol. The first kappa shape index (κ1) is 17.8. The molecule has 0 aliphatic heterocycles. The molecule has 4 nitrogen and oxygen atoms in total. The van der Waals surface area contributed by atoms with Crippen molar-refractivity contribution in [1.82, 2.24) is 0 Å². The highest BCUT2D eigenvalue weighted by Gasteiger charge is 2.27. The van der Waals surface area contributed by atoms with Crippen LogP contribution in [0.4, 0.5) is 0 Å². The summed E-state index contributed by atoms with van der Waals surface area (Å²) in [6, 6.07) is 5.58. The van der Waals surface area contributed by atoms with E-state index in [0.29, 0.717) is 17.4 Å². The van der Waals surface area contributed by atoms with Crippen LogP contribution in [0, 0.1) is 5.92 Å². The number of ether oxygens (including phenoxy) is 2. The van der Waals surface area contributed by atoms with E-state index in [1.54, 1.807) is 13.2 Å². The Morgan fingerprint density at radius 1 is 1.22 bits per heavy atom. The van der Waals surface area contributed by atoms with Gasteiger partial charge in [-0.1, -0.05) is 0 Å². The molecule has 4 heteroatoms. The van der Waals surface area contributed by atoms with Gasteiger partial charge in [0.2, 0.25) is 0 Å². The first-order chi connectivity index (χ1) is 10.8. The number of methoxy groups -OCH3 is 1. The van der Waals surface area contributed by atoms with Crippen LogP contribution < -0.4 is 4.74 Å². The van der Waals surface area contributed by atoms with Crippen molar-refractivity contribution in [2.75, 3.05) is 13.7 Å². The summed E-state index contributed by atoms with van der Waals surface area (Å²) in [4.78, 5) is 12.5. The van der Waals surface area contributed by atoms with Crippen LogP contribution in [0.5, 0.6) is 5.75 Å². The van der Waals surface area contributed by atoms with E-state index in [4.69, 9.17) is 9.47 Å². The zero-order chi connectivity index (χ0) is 17.0. The maximum absolute atomic E-state index is 12.5. The van der Waals surface area contributed by atoms with Crippen molar-refractivity contribution in [3.63, 3.8) is 0 Å². The van der Waals surface area contributed by atoms with Gasteiger partial charge in [0.15, 0.2) is 0 Å². The van der Waals surface area contributed by atoms with E-state index in [1.165, 1.54) is 0 Å². The standard InChI is InChI=1S/C19H28O4/c1-19(2,3)23-18(21)16-10-9-15(22-4)11-17(16)14-7-5-13(12-20)6-8-14/h9-11,13-14,20H,5-8,12H2,1-4H3. The fourth-order valence-electron chi connectivity index (χ4n) is 3.18. The van der Waals surface area contributed by atoms with E-state index in [9.17, 15) is 9.90 Å². The summed E-state index contributed by atoms with van der Waals surface area (Å²) in [5.74, 6) is 1.19. The molecule has 128 valence electrons. The number of rotatable bonds is 4. The minimum Gasteiger partial charge on any atom is -0.497 e. The van der Waals surface area contributed by atoms with Gasteiger partial charge in [0.25, 0.3) is 0 Å². The fourth-order valence-corrected chi connectivity index (χ4v) is 3.18. The van der Waals surface area contributed by atoms with Crippen molar-refractivity contribution in [1.29, 1.82) is 0 Å². The predicted molar refractivity (Wildman–Crippen MR) is 89.9 cm³/mol. The van der Waals surface area contributed by atoms with Crippen LogP contribution in [-0.2, 0) is 4.74 Å². The quantitative estimate of drug-likeness (QED) is 0.854. The molecule has 0 aromatic heterocycles. The first-order valence-corrected chi connectivity index (χ1v) is 8.36. The van der Waals surface area contributed by atoms with Gasteiger partial charge in [-0.25, -0.2) is 4.79 Å². The zero-order valence-corrected chi connectivity index (χ0v) is 14.6. The average Bonchev–Trinajstić information content (AvgIpc) is 2.52. The van der Waals surface area contributed by atoms with Crippen LogP contribution in [0.15, 0.2) is 18.2 Å². The topological polar surface area (TPSA) is 55.8 Å². The molecule has 1 aromatic carbocycles. The summed E-state index contributed by atoms with van der Waals surface area (Å²) in [5.41, 5.74) is 1.13. The van der Waals surface area contributed by atoms with E-state index in [2.05, 4.69) is 0 Å². The maximum Gasteiger partial charge on any atom is 0.338 e. The molecule has 0 heterocycles. The average molecular weight is 320 g/mol. The number of benzene rings is 1. The molecule has 0 atom stereocenters. The first-order valence-electron chi connectivity index (χ1n) is 8.36. The normalized spacial score (nSPS) is 21.8. The molecule has 0 radical (unpaired) electrons. The smallest absolute Gasteiger partial charge is 0.338 e. The van der Waals surface area contributed by atoms with Gasteiger partial charge in [0.1, 0.15) is 11.4 Å². The number of carbonyl (C=O) groups excluding carboxylic acids is 1. The molecule has 2 rings (SSSR count). The summed E-state index contributed by atoms with van der Waals surface area (Å²) in [6.07, 6.45) is 3.95. The van der Waals surface area contributed by atoms with Gasteiger partial charge in [0, 0.05) is 6.61 Å². The molecule has 0 unspecified atom stereocenters. The lowest BCUT2D eigenvalue weighted by Gasteiger charge is -2.29. The molecule has 0 spiro atoms. The second-order valence-electron chi connectivity index (χ2n) is 7.36. The van der Waals surface area contributed by atoms with Crippen molar-refractivity contribution in [2.45, 2.75) is 58.0 Å². The van der Waals surface area contributed by atoms with Crippen LogP contribution in [0.25, 0.3) is 0 Å². The Morgan fingerprint density at radius 2 is 1.87 bits per heavy atom. The second-order valence-corrected chi connectivity index (χ2v) is 7.36. The van der Waals surface area contributed by atoms with E-state index in [0.717, 1.165) is 37.0 Å². The third-order valence-corrected chi connectivity index (χ3v) is 4.42. The Morgan fingerprint density at radius 3 is 2.39 bits per heavy atom. The van der Waals surface area contributed by atoms with Crippen molar-refractivity contribution < 1.29 is 19.4 Å². The molecule has 23 heavy (non-hydrogen) atoms. The SMILES string of the molecule is COc1ccc(C(=O)OC(C)(C)C)c(C2CCC(CO)CC2)c1. The summed E-state index contributed by atoms with van der Waals surface area (Å²) in [7, 11) is 1.63. The van der Waals surface area contributed by atoms with Gasteiger partial charge in [0.05, 0.1) is 12.7 Å². The van der Waals surface area contributed by atoms with E-state index in [1.807, 2.05) is 32.9 Å². The molecule has 1 N–H and O–H groups in total. The van der Waals surface area contributed by atoms with Crippen LogP contribution in [0.3, 0.4) is 0 Å². The number of carbonyl (C=O) groups is 1. The molecule has 0 bridgehead atoms. The van der Waals surface area contributed by atoms with Crippen LogP contribution in [0.1, 0.15) is 68.3 Å². The van der Waals surface area contributed by atoms with Gasteiger partial charge in [-0.3, -0.25) is 0 Å². The molecule has 1 aromatic rings. The molecule has 0 saturated heterocycles. The minimum atomic E-state index is -0.511. The fraction of sp³-hybridized carbons (Fsp3) is 0.632.